The zero-order valence-corrected chi connectivity index (χ0v) is 19.6. The lowest BCUT2D eigenvalue weighted by molar-refractivity contribution is -0.163. The quantitative estimate of drug-likeness (QED) is 0.541. The van der Waals surface area contributed by atoms with Gasteiger partial charge in [-0.15, -0.1) is 0 Å². The van der Waals surface area contributed by atoms with Crippen LogP contribution in [0.15, 0.2) is 29.2 Å². The van der Waals surface area contributed by atoms with Crippen molar-refractivity contribution >= 4 is 31.7 Å². The molecule has 178 valence electrons. The highest BCUT2D eigenvalue weighted by atomic mass is 32.2. The van der Waals surface area contributed by atoms with E-state index in [1.807, 2.05) is 0 Å². The number of carbonyl (C=O) groups excluding carboxylic acids is 2. The van der Waals surface area contributed by atoms with Gasteiger partial charge in [-0.25, -0.2) is 21.2 Å². The van der Waals surface area contributed by atoms with Crippen molar-refractivity contribution in [2.24, 2.45) is 5.92 Å². The summed E-state index contributed by atoms with van der Waals surface area (Å²) in [5.74, 6) is -2.22. The molecule has 0 N–H and O–H groups in total. The first-order valence-electron chi connectivity index (χ1n) is 10.3. The summed E-state index contributed by atoms with van der Waals surface area (Å²) >= 11 is 0. The SMILES string of the molecule is CC(OC(=O)C1CCN(S(=O)(=O)c2ccc(F)cc2)CC1)C(=O)N(C)C1CCS(=O)(=O)C1. The molecule has 2 atom stereocenters. The molecular weight excluding hydrogens is 463 g/mol. The van der Waals surface area contributed by atoms with Gasteiger partial charge in [0.25, 0.3) is 5.91 Å². The lowest BCUT2D eigenvalue weighted by Crippen LogP contribution is -2.45. The van der Waals surface area contributed by atoms with Crippen LogP contribution in [0.25, 0.3) is 0 Å². The average Bonchev–Trinajstić information content (AvgIpc) is 3.12. The van der Waals surface area contributed by atoms with Crippen LogP contribution >= 0.6 is 0 Å². The number of hydrogen-bond acceptors (Lipinski definition) is 7. The molecule has 2 fully saturated rings. The largest absolute Gasteiger partial charge is 0.452 e. The van der Waals surface area contributed by atoms with E-state index in [4.69, 9.17) is 4.74 Å². The van der Waals surface area contributed by atoms with Gasteiger partial charge < -0.3 is 9.64 Å². The molecule has 0 spiro atoms. The van der Waals surface area contributed by atoms with Gasteiger partial charge in [-0.1, -0.05) is 0 Å². The van der Waals surface area contributed by atoms with Crippen LogP contribution in [-0.2, 0) is 34.2 Å². The van der Waals surface area contributed by atoms with E-state index in [-0.39, 0.29) is 42.3 Å². The van der Waals surface area contributed by atoms with Crippen LogP contribution in [0.4, 0.5) is 4.39 Å². The van der Waals surface area contributed by atoms with Crippen LogP contribution < -0.4 is 0 Å². The number of sulfone groups is 1. The number of amides is 1. The molecule has 0 aromatic heterocycles. The maximum Gasteiger partial charge on any atom is 0.309 e. The van der Waals surface area contributed by atoms with E-state index in [0.717, 1.165) is 12.1 Å². The number of halogens is 1. The third-order valence-corrected chi connectivity index (χ3v) is 9.65. The maximum absolute atomic E-state index is 13.1. The van der Waals surface area contributed by atoms with Crippen molar-refractivity contribution in [3.05, 3.63) is 30.1 Å². The number of esters is 1. The van der Waals surface area contributed by atoms with Crippen LogP contribution in [0.2, 0.25) is 0 Å². The first-order chi connectivity index (χ1) is 14.9. The molecule has 1 amide bonds. The Balaban J connectivity index is 1.52. The van der Waals surface area contributed by atoms with Gasteiger partial charge in [0.15, 0.2) is 15.9 Å². The summed E-state index contributed by atoms with van der Waals surface area (Å²) in [7, 11) is -5.45. The van der Waals surface area contributed by atoms with Gasteiger partial charge in [-0.2, -0.15) is 4.31 Å². The van der Waals surface area contributed by atoms with Gasteiger partial charge in [0.1, 0.15) is 5.82 Å². The number of carbonyl (C=O) groups is 2. The fourth-order valence-electron chi connectivity index (χ4n) is 3.96. The second-order valence-corrected chi connectivity index (χ2v) is 12.4. The number of hydrogen-bond donors (Lipinski definition) is 0. The zero-order chi connectivity index (χ0) is 23.7. The highest BCUT2D eigenvalue weighted by Gasteiger charge is 2.37. The summed E-state index contributed by atoms with van der Waals surface area (Å²) in [5, 5.41) is 0. The summed E-state index contributed by atoms with van der Waals surface area (Å²) in [6.07, 6.45) is -0.253. The number of rotatable bonds is 6. The number of ether oxygens (including phenoxy) is 1. The molecule has 32 heavy (non-hydrogen) atoms. The Kier molecular flexibility index (Phi) is 7.25. The standard InChI is InChI=1S/C20H27FN2O7S2/c1-14(19(24)22(2)17-9-12-31(26,27)13-17)30-20(25)15-7-10-23(11-8-15)32(28,29)18-5-3-16(21)4-6-18/h3-6,14-15,17H,7-13H2,1-2H3. The molecule has 1 aromatic rings. The summed E-state index contributed by atoms with van der Waals surface area (Å²) < 4.78 is 68.3. The van der Waals surface area contributed by atoms with Gasteiger partial charge in [0.2, 0.25) is 10.0 Å². The molecule has 3 rings (SSSR count). The Morgan fingerprint density at radius 3 is 2.28 bits per heavy atom. The van der Waals surface area contributed by atoms with E-state index in [2.05, 4.69) is 0 Å². The second-order valence-electron chi connectivity index (χ2n) is 8.22. The molecule has 1 aromatic carbocycles. The van der Waals surface area contributed by atoms with Gasteiger partial charge in [-0.05, 0) is 50.5 Å². The predicted molar refractivity (Wildman–Crippen MR) is 113 cm³/mol. The van der Waals surface area contributed by atoms with E-state index in [9.17, 15) is 30.8 Å². The smallest absolute Gasteiger partial charge is 0.309 e. The minimum Gasteiger partial charge on any atom is -0.452 e. The Morgan fingerprint density at radius 2 is 1.75 bits per heavy atom. The van der Waals surface area contributed by atoms with Crippen molar-refractivity contribution in [3.8, 4) is 0 Å². The minimum absolute atomic E-state index is 0.0175. The Hall–Kier alpha value is -2.05. The maximum atomic E-state index is 13.1. The molecule has 9 nitrogen and oxygen atoms in total. The van der Waals surface area contributed by atoms with Gasteiger partial charge >= 0.3 is 5.97 Å². The Bertz CT molecular complexity index is 1070. The molecule has 2 heterocycles. The number of nitrogens with zero attached hydrogens (tertiary/aromatic N) is 2. The number of likely N-dealkylation sites (N-methyl/N-ethyl adjacent to an activating group) is 1. The lowest BCUT2D eigenvalue weighted by Gasteiger charge is -2.31. The molecule has 0 aliphatic carbocycles. The normalized spacial score (nSPS) is 22.9. The summed E-state index contributed by atoms with van der Waals surface area (Å²) in [6.45, 7) is 1.64. The molecule has 2 unspecified atom stereocenters. The van der Waals surface area contributed by atoms with Crippen LogP contribution in [0, 0.1) is 11.7 Å². The van der Waals surface area contributed by atoms with Crippen LogP contribution in [-0.4, -0.2) is 81.7 Å². The van der Waals surface area contributed by atoms with Crippen LogP contribution in [0.3, 0.4) is 0 Å². The molecule has 0 saturated carbocycles. The summed E-state index contributed by atoms with van der Waals surface area (Å²) in [6, 6.07) is 4.11. The Morgan fingerprint density at radius 1 is 1.16 bits per heavy atom. The summed E-state index contributed by atoms with van der Waals surface area (Å²) in [4.78, 5) is 26.4. The molecule has 0 radical (unpaired) electrons. The third kappa shape index (κ3) is 5.46. The van der Waals surface area contributed by atoms with Crippen molar-refractivity contribution < 1.29 is 35.6 Å². The Labute approximate surface area is 187 Å². The number of benzene rings is 1. The molecule has 0 bridgehead atoms. The van der Waals surface area contributed by atoms with Gasteiger partial charge in [0, 0.05) is 26.2 Å². The summed E-state index contributed by atoms with van der Waals surface area (Å²) in [5.41, 5.74) is 0. The van der Waals surface area contributed by atoms with Crippen molar-refractivity contribution in [1.82, 2.24) is 9.21 Å². The van der Waals surface area contributed by atoms with Crippen molar-refractivity contribution in [2.75, 3.05) is 31.6 Å². The average molecular weight is 491 g/mol. The van der Waals surface area contributed by atoms with E-state index < -0.39 is 55.6 Å². The van der Waals surface area contributed by atoms with Crippen molar-refractivity contribution in [3.63, 3.8) is 0 Å². The van der Waals surface area contributed by atoms with E-state index in [1.54, 1.807) is 0 Å². The van der Waals surface area contributed by atoms with Crippen molar-refractivity contribution in [1.29, 1.82) is 0 Å². The fourth-order valence-corrected chi connectivity index (χ4v) is 7.20. The van der Waals surface area contributed by atoms with Crippen LogP contribution in [0.1, 0.15) is 26.2 Å². The molecule has 12 heteroatoms. The van der Waals surface area contributed by atoms with Crippen molar-refractivity contribution in [2.45, 2.75) is 43.2 Å². The number of sulfonamides is 1. The molecular formula is C20H27FN2O7S2. The minimum atomic E-state index is -3.79. The topological polar surface area (TPSA) is 118 Å². The zero-order valence-electron chi connectivity index (χ0n) is 17.9. The third-order valence-electron chi connectivity index (χ3n) is 5.98. The molecule has 2 aliphatic heterocycles. The van der Waals surface area contributed by atoms with E-state index in [0.29, 0.717) is 6.42 Å². The highest BCUT2D eigenvalue weighted by molar-refractivity contribution is 7.91. The fraction of sp³-hybridized carbons (Fsp3) is 0.600. The van der Waals surface area contributed by atoms with E-state index in [1.165, 1.54) is 35.3 Å². The predicted octanol–water partition coefficient (Wildman–Crippen LogP) is 0.804. The first kappa shape index (κ1) is 24.6. The molecule has 2 saturated heterocycles. The van der Waals surface area contributed by atoms with Gasteiger partial charge in [0.05, 0.1) is 22.3 Å². The molecule has 2 aliphatic rings. The van der Waals surface area contributed by atoms with Gasteiger partial charge in [-0.3, -0.25) is 9.59 Å². The van der Waals surface area contributed by atoms with E-state index >= 15 is 0 Å². The lowest BCUT2D eigenvalue weighted by atomic mass is 9.98. The first-order valence-corrected chi connectivity index (χ1v) is 13.6. The number of piperidine rings is 1. The monoisotopic (exact) mass is 490 g/mol. The second kappa shape index (κ2) is 9.44. The van der Waals surface area contributed by atoms with Crippen LogP contribution in [0.5, 0.6) is 0 Å². The highest BCUT2D eigenvalue weighted by Crippen LogP contribution is 2.25.